The fourth-order valence-electron chi connectivity index (χ4n) is 1.28. The molecule has 0 spiro atoms. The number of hydrogen-bond acceptors (Lipinski definition) is 3. The average Bonchev–Trinajstić information content (AvgIpc) is 2.23. The van der Waals surface area contributed by atoms with Crippen molar-refractivity contribution in [1.29, 1.82) is 0 Å². The van der Waals surface area contributed by atoms with Crippen LogP contribution in [0.25, 0.3) is 0 Å². The van der Waals surface area contributed by atoms with Crippen molar-refractivity contribution in [3.63, 3.8) is 0 Å². The van der Waals surface area contributed by atoms with Gasteiger partial charge in [0.25, 0.3) is 0 Å². The molecule has 0 aliphatic carbocycles. The molecule has 106 valence electrons. The van der Waals surface area contributed by atoms with Crippen molar-refractivity contribution >= 4 is 12.0 Å². The second kappa shape index (κ2) is 6.04. The maximum absolute atomic E-state index is 11.8. The zero-order valence-corrected chi connectivity index (χ0v) is 11.8. The lowest BCUT2D eigenvalue weighted by Crippen LogP contribution is -2.52. The van der Waals surface area contributed by atoms with Gasteiger partial charge in [-0.3, -0.25) is 4.79 Å². The van der Waals surface area contributed by atoms with E-state index in [-0.39, 0.29) is 18.1 Å². The summed E-state index contributed by atoms with van der Waals surface area (Å²) in [6, 6.07) is -0.326. The van der Waals surface area contributed by atoms with E-state index in [1.165, 1.54) is 6.92 Å². The molecule has 0 aromatic carbocycles. The maximum atomic E-state index is 11.8. The molecule has 3 N–H and O–H groups in total. The molecule has 6 nitrogen and oxygen atoms in total. The second-order valence-electron chi connectivity index (χ2n) is 5.45. The molecule has 0 saturated heterocycles. The Kier molecular flexibility index (Phi) is 5.60. The van der Waals surface area contributed by atoms with E-state index in [1.807, 2.05) is 20.8 Å². The number of aliphatic hydroxyl groups is 1. The molecule has 0 aromatic rings. The number of amides is 2. The van der Waals surface area contributed by atoms with Gasteiger partial charge in [-0.1, -0.05) is 6.92 Å². The Morgan fingerprint density at radius 2 is 1.78 bits per heavy atom. The lowest BCUT2D eigenvalue weighted by Gasteiger charge is -2.35. The highest BCUT2D eigenvalue weighted by molar-refractivity contribution is 5.75. The molecule has 0 heterocycles. The number of carbonyl (C=O) groups is 2. The number of aliphatic carboxylic acids is 1. The van der Waals surface area contributed by atoms with Gasteiger partial charge in [-0.2, -0.15) is 0 Å². The lowest BCUT2D eigenvalue weighted by molar-refractivity contribution is -0.141. The molecular weight excluding hydrogens is 236 g/mol. The fourth-order valence-corrected chi connectivity index (χ4v) is 1.28. The summed E-state index contributed by atoms with van der Waals surface area (Å²) in [5.74, 6) is -1.10. The van der Waals surface area contributed by atoms with Crippen LogP contribution < -0.4 is 5.32 Å². The Morgan fingerprint density at radius 1 is 1.28 bits per heavy atom. The van der Waals surface area contributed by atoms with Crippen molar-refractivity contribution in [2.24, 2.45) is 0 Å². The van der Waals surface area contributed by atoms with Gasteiger partial charge >= 0.3 is 12.0 Å². The van der Waals surface area contributed by atoms with Crippen molar-refractivity contribution in [2.45, 2.75) is 51.7 Å². The van der Waals surface area contributed by atoms with Crippen LogP contribution in [0.1, 0.15) is 40.5 Å². The van der Waals surface area contributed by atoms with E-state index in [0.29, 0.717) is 0 Å². The highest BCUT2D eigenvalue weighted by Gasteiger charge is 2.29. The first-order valence-electron chi connectivity index (χ1n) is 5.97. The fraction of sp³-hybridized carbons (Fsp3) is 0.833. The zero-order valence-electron chi connectivity index (χ0n) is 11.8. The Labute approximate surface area is 108 Å². The third-order valence-corrected chi connectivity index (χ3v) is 3.23. The number of nitrogens with one attached hydrogen (secondary N) is 1. The number of urea groups is 1. The van der Waals surface area contributed by atoms with Gasteiger partial charge in [-0.15, -0.1) is 0 Å². The summed E-state index contributed by atoms with van der Waals surface area (Å²) >= 11 is 0. The summed E-state index contributed by atoms with van der Waals surface area (Å²) in [6.07, 6.45) is 0.386. The van der Waals surface area contributed by atoms with Crippen molar-refractivity contribution in [3.8, 4) is 0 Å². The number of nitrogens with zero attached hydrogens (tertiary/aromatic N) is 1. The molecule has 2 amide bonds. The summed E-state index contributed by atoms with van der Waals surface area (Å²) in [7, 11) is 1.67. The maximum Gasteiger partial charge on any atom is 0.317 e. The van der Waals surface area contributed by atoms with Gasteiger partial charge in [0.05, 0.1) is 12.0 Å². The second-order valence-corrected chi connectivity index (χ2v) is 5.45. The van der Waals surface area contributed by atoms with Crippen LogP contribution in [-0.4, -0.2) is 51.8 Å². The monoisotopic (exact) mass is 260 g/mol. The zero-order chi connectivity index (χ0) is 14.6. The van der Waals surface area contributed by atoms with E-state index >= 15 is 0 Å². The predicted molar refractivity (Wildman–Crippen MR) is 68.4 cm³/mol. The highest BCUT2D eigenvalue weighted by Crippen LogP contribution is 2.16. The van der Waals surface area contributed by atoms with Crippen LogP contribution in [-0.2, 0) is 4.79 Å². The highest BCUT2D eigenvalue weighted by atomic mass is 16.4. The van der Waals surface area contributed by atoms with Gasteiger partial charge in [-0.25, -0.2) is 4.79 Å². The third kappa shape index (κ3) is 5.35. The van der Waals surface area contributed by atoms with Gasteiger partial charge in [-0.05, 0) is 27.2 Å². The van der Waals surface area contributed by atoms with Gasteiger partial charge in [0, 0.05) is 19.1 Å². The van der Waals surface area contributed by atoms with E-state index in [0.717, 1.165) is 6.42 Å². The molecule has 0 rings (SSSR count). The van der Waals surface area contributed by atoms with Crippen LogP contribution in [0.4, 0.5) is 4.79 Å². The average molecular weight is 260 g/mol. The predicted octanol–water partition coefficient (Wildman–Crippen LogP) is 1.04. The first-order valence-corrected chi connectivity index (χ1v) is 5.97. The Balaban J connectivity index is 4.38. The van der Waals surface area contributed by atoms with Crippen LogP contribution >= 0.6 is 0 Å². The van der Waals surface area contributed by atoms with Crippen molar-refractivity contribution in [3.05, 3.63) is 0 Å². The largest absolute Gasteiger partial charge is 0.481 e. The van der Waals surface area contributed by atoms with E-state index < -0.39 is 18.0 Å². The van der Waals surface area contributed by atoms with Crippen LogP contribution in [0.5, 0.6) is 0 Å². The number of carboxylic acid groups (broad SMARTS) is 1. The number of carbonyl (C=O) groups excluding carboxylic acids is 1. The molecule has 0 aliphatic heterocycles. The molecule has 0 bridgehead atoms. The van der Waals surface area contributed by atoms with Crippen LogP contribution in [0, 0.1) is 0 Å². The summed E-state index contributed by atoms with van der Waals surface area (Å²) in [5, 5.41) is 20.9. The van der Waals surface area contributed by atoms with Crippen LogP contribution in [0.3, 0.4) is 0 Å². The molecule has 6 heteroatoms. The van der Waals surface area contributed by atoms with E-state index in [9.17, 15) is 14.7 Å². The smallest absolute Gasteiger partial charge is 0.317 e. The molecule has 1 unspecified atom stereocenters. The SMILES string of the molecule is CCC(C)(C)N(C)C(=O)NCC(C)(O)CC(=O)O. The van der Waals surface area contributed by atoms with E-state index in [4.69, 9.17) is 5.11 Å². The molecule has 0 radical (unpaired) electrons. The standard InChI is InChI=1S/C12H24N2O4/c1-6-11(2,3)14(5)10(17)13-8-12(4,18)7-9(15)16/h18H,6-8H2,1-5H3,(H,13,17)(H,15,16). The molecule has 0 aromatic heterocycles. The summed E-state index contributed by atoms with van der Waals surface area (Å²) < 4.78 is 0. The third-order valence-electron chi connectivity index (χ3n) is 3.23. The minimum absolute atomic E-state index is 0.0950. The minimum atomic E-state index is -1.45. The molecule has 18 heavy (non-hydrogen) atoms. The van der Waals surface area contributed by atoms with Crippen LogP contribution in [0.2, 0.25) is 0 Å². The number of rotatable bonds is 6. The van der Waals surface area contributed by atoms with Crippen molar-refractivity contribution in [1.82, 2.24) is 10.2 Å². The van der Waals surface area contributed by atoms with Crippen LogP contribution in [0.15, 0.2) is 0 Å². The topological polar surface area (TPSA) is 89.9 Å². The molecule has 0 aliphatic rings. The summed E-state index contributed by atoms with van der Waals surface area (Å²) in [4.78, 5) is 23.9. The number of carboxylic acids is 1. The Morgan fingerprint density at radius 3 is 2.17 bits per heavy atom. The summed E-state index contributed by atoms with van der Waals surface area (Å²) in [6.45, 7) is 7.13. The quantitative estimate of drug-likeness (QED) is 0.665. The molecule has 1 atom stereocenters. The minimum Gasteiger partial charge on any atom is -0.481 e. The lowest BCUT2D eigenvalue weighted by atomic mass is 10.0. The first-order chi connectivity index (χ1) is 8.02. The van der Waals surface area contributed by atoms with Gasteiger partial charge in [0.2, 0.25) is 0 Å². The Hall–Kier alpha value is -1.30. The number of hydrogen-bond donors (Lipinski definition) is 3. The van der Waals surface area contributed by atoms with E-state index in [1.54, 1.807) is 11.9 Å². The van der Waals surface area contributed by atoms with Gasteiger partial charge < -0.3 is 20.4 Å². The van der Waals surface area contributed by atoms with Gasteiger partial charge in [0.15, 0.2) is 0 Å². The Bertz CT molecular complexity index is 313. The van der Waals surface area contributed by atoms with Crippen molar-refractivity contribution < 1.29 is 19.8 Å². The molecular formula is C12H24N2O4. The first kappa shape index (κ1) is 16.7. The molecule has 0 saturated carbocycles. The van der Waals surface area contributed by atoms with Gasteiger partial charge in [0.1, 0.15) is 0 Å². The van der Waals surface area contributed by atoms with Crippen molar-refractivity contribution in [2.75, 3.05) is 13.6 Å². The van der Waals surface area contributed by atoms with E-state index in [2.05, 4.69) is 5.32 Å². The summed E-state index contributed by atoms with van der Waals surface area (Å²) in [5.41, 5.74) is -1.73. The normalized spacial score (nSPS) is 14.8. The molecule has 0 fully saturated rings.